The Hall–Kier alpha value is -3.83. The Bertz CT molecular complexity index is 1240. The lowest BCUT2D eigenvalue weighted by Crippen LogP contribution is -2.56. The van der Waals surface area contributed by atoms with Gasteiger partial charge in [-0.1, -0.05) is 18.2 Å². The van der Waals surface area contributed by atoms with Crippen molar-refractivity contribution in [3.05, 3.63) is 59.4 Å². The van der Waals surface area contributed by atoms with Crippen LogP contribution in [0.4, 0.5) is 28.0 Å². The van der Waals surface area contributed by atoms with Gasteiger partial charge in [0.1, 0.15) is 29.3 Å². The second-order valence-electron chi connectivity index (χ2n) is 10.7. The number of benzene rings is 2. The zero-order valence-corrected chi connectivity index (χ0v) is 22.9. The summed E-state index contributed by atoms with van der Waals surface area (Å²) in [6, 6.07) is 6.55. The predicted octanol–water partition coefficient (Wildman–Crippen LogP) is 5.03. The highest BCUT2D eigenvalue weighted by atomic mass is 19.4. The number of rotatable bonds is 7. The highest BCUT2D eigenvalue weighted by molar-refractivity contribution is 6.01. The fourth-order valence-corrected chi connectivity index (χ4v) is 4.41. The average molecular weight is 568 g/mol. The van der Waals surface area contributed by atoms with Crippen molar-refractivity contribution in [3.8, 4) is 5.75 Å². The molecule has 0 saturated carbocycles. The summed E-state index contributed by atoms with van der Waals surface area (Å²) < 4.78 is 62.2. The molecule has 0 saturated heterocycles. The number of para-hydroxylation sites is 1. The van der Waals surface area contributed by atoms with E-state index < -0.39 is 59.9 Å². The maximum Gasteiger partial charge on any atom is 0.573 e. The predicted molar refractivity (Wildman–Crippen MR) is 139 cm³/mol. The van der Waals surface area contributed by atoms with E-state index in [0.717, 1.165) is 6.07 Å². The fourth-order valence-electron chi connectivity index (χ4n) is 4.41. The Labute approximate surface area is 230 Å². The SMILES string of the molecule is CC(C)N1C(=O)[C@@H](NC(=O)[C@@H](Cc2ccccc2OC(F)(F)F)NC(=O)OC(C)(C)C)CCc2cc(F)ccc21. The van der Waals surface area contributed by atoms with Gasteiger partial charge in [-0.05, 0) is 82.9 Å². The van der Waals surface area contributed by atoms with Crippen molar-refractivity contribution in [3.63, 3.8) is 0 Å². The van der Waals surface area contributed by atoms with Gasteiger partial charge in [0.25, 0.3) is 0 Å². The average Bonchev–Trinajstić information content (AvgIpc) is 2.94. The summed E-state index contributed by atoms with van der Waals surface area (Å²) >= 11 is 0. The third-order valence-electron chi connectivity index (χ3n) is 6.00. The number of hydrogen-bond donors (Lipinski definition) is 2. The third kappa shape index (κ3) is 8.33. The summed E-state index contributed by atoms with van der Waals surface area (Å²) in [5.74, 6) is -2.25. The van der Waals surface area contributed by atoms with E-state index in [1.807, 2.05) is 0 Å². The van der Waals surface area contributed by atoms with Gasteiger partial charge < -0.3 is 25.0 Å². The molecule has 218 valence electrons. The number of alkyl carbamates (subject to hydrolysis) is 1. The maximum absolute atomic E-state index is 13.9. The molecule has 0 radical (unpaired) electrons. The van der Waals surface area contributed by atoms with E-state index in [0.29, 0.717) is 11.3 Å². The molecule has 2 aromatic rings. The van der Waals surface area contributed by atoms with Crippen LogP contribution in [0.15, 0.2) is 42.5 Å². The van der Waals surface area contributed by atoms with Crippen molar-refractivity contribution >= 4 is 23.6 Å². The van der Waals surface area contributed by atoms with Crippen LogP contribution in [0.5, 0.6) is 5.75 Å². The quantitative estimate of drug-likeness (QED) is 0.458. The van der Waals surface area contributed by atoms with E-state index in [1.165, 1.54) is 41.3 Å². The molecule has 8 nitrogen and oxygen atoms in total. The molecule has 0 spiro atoms. The standard InChI is InChI=1S/C28H33F4N3O5/c1-16(2)35-22-13-11-19(29)14-17(22)10-12-20(25(35)37)33-24(36)21(34-26(38)40-27(3,4)5)15-18-8-6-7-9-23(18)39-28(30,31)32/h6-9,11,13-14,16,20-21H,10,12,15H2,1-5H3,(H,33,36)(H,34,38)/t20-,21+/m0/s1. The van der Waals surface area contributed by atoms with E-state index in [-0.39, 0.29) is 24.4 Å². The monoisotopic (exact) mass is 567 g/mol. The molecule has 2 aromatic carbocycles. The first kappa shape index (κ1) is 30.7. The van der Waals surface area contributed by atoms with Gasteiger partial charge in [-0.15, -0.1) is 13.2 Å². The summed E-state index contributed by atoms with van der Waals surface area (Å²) in [4.78, 5) is 41.1. The number of aryl methyl sites for hydroxylation is 1. The van der Waals surface area contributed by atoms with E-state index in [1.54, 1.807) is 34.6 Å². The Balaban J connectivity index is 1.89. The topological polar surface area (TPSA) is 97.0 Å². The van der Waals surface area contributed by atoms with E-state index in [4.69, 9.17) is 4.74 Å². The Morgan fingerprint density at radius 1 is 1.10 bits per heavy atom. The van der Waals surface area contributed by atoms with Crippen LogP contribution < -0.4 is 20.3 Å². The molecule has 2 N–H and O–H groups in total. The van der Waals surface area contributed by atoms with Gasteiger partial charge in [-0.2, -0.15) is 0 Å². The zero-order valence-electron chi connectivity index (χ0n) is 22.9. The first-order valence-corrected chi connectivity index (χ1v) is 12.8. The van der Waals surface area contributed by atoms with Crippen LogP contribution in [-0.4, -0.2) is 48.0 Å². The van der Waals surface area contributed by atoms with E-state index in [2.05, 4.69) is 15.4 Å². The molecule has 0 bridgehead atoms. The van der Waals surface area contributed by atoms with Crippen LogP contribution in [0.3, 0.4) is 0 Å². The number of halogens is 4. The summed E-state index contributed by atoms with van der Waals surface area (Å²) in [5.41, 5.74) is 0.202. The lowest BCUT2D eigenvalue weighted by Gasteiger charge is -2.30. The largest absolute Gasteiger partial charge is 0.573 e. The number of carbonyl (C=O) groups excluding carboxylic acids is 3. The van der Waals surface area contributed by atoms with E-state index in [9.17, 15) is 31.9 Å². The van der Waals surface area contributed by atoms with Crippen molar-refractivity contribution in [1.82, 2.24) is 10.6 Å². The summed E-state index contributed by atoms with van der Waals surface area (Å²) in [5, 5.41) is 5.05. The summed E-state index contributed by atoms with van der Waals surface area (Å²) in [7, 11) is 0. The van der Waals surface area contributed by atoms with Crippen molar-refractivity contribution in [2.75, 3.05) is 4.90 Å². The van der Waals surface area contributed by atoms with Gasteiger partial charge in [-0.3, -0.25) is 9.59 Å². The molecule has 1 aliphatic rings. The van der Waals surface area contributed by atoms with Crippen LogP contribution in [0.1, 0.15) is 52.2 Å². The number of carbonyl (C=O) groups is 3. The molecular weight excluding hydrogens is 534 g/mol. The Kier molecular flexibility index (Phi) is 9.32. The minimum Gasteiger partial charge on any atom is -0.444 e. The number of amides is 3. The zero-order chi connectivity index (χ0) is 29.8. The van der Waals surface area contributed by atoms with Gasteiger partial charge in [0.2, 0.25) is 11.8 Å². The third-order valence-corrected chi connectivity index (χ3v) is 6.00. The van der Waals surface area contributed by atoms with Crippen molar-refractivity contribution in [2.24, 2.45) is 0 Å². The number of alkyl halides is 3. The summed E-state index contributed by atoms with van der Waals surface area (Å²) in [6.45, 7) is 8.39. The number of nitrogens with one attached hydrogen (secondary N) is 2. The number of nitrogens with zero attached hydrogens (tertiary/aromatic N) is 1. The molecule has 40 heavy (non-hydrogen) atoms. The molecule has 0 unspecified atom stereocenters. The van der Waals surface area contributed by atoms with Gasteiger partial charge in [-0.25, -0.2) is 9.18 Å². The normalized spacial score (nSPS) is 16.6. The van der Waals surface area contributed by atoms with Gasteiger partial charge in [0.15, 0.2) is 0 Å². The van der Waals surface area contributed by atoms with Crippen LogP contribution >= 0.6 is 0 Å². The molecule has 1 heterocycles. The second-order valence-corrected chi connectivity index (χ2v) is 10.7. The van der Waals surface area contributed by atoms with Crippen LogP contribution in [0.2, 0.25) is 0 Å². The Morgan fingerprint density at radius 2 is 1.77 bits per heavy atom. The first-order valence-electron chi connectivity index (χ1n) is 12.8. The molecule has 1 aliphatic heterocycles. The smallest absolute Gasteiger partial charge is 0.444 e. The van der Waals surface area contributed by atoms with Crippen molar-refractivity contribution in [2.45, 2.75) is 84.0 Å². The molecule has 3 amide bonds. The molecule has 0 aliphatic carbocycles. The lowest BCUT2D eigenvalue weighted by molar-refractivity contribution is -0.274. The van der Waals surface area contributed by atoms with Gasteiger partial charge >= 0.3 is 12.5 Å². The van der Waals surface area contributed by atoms with Crippen LogP contribution in [0.25, 0.3) is 0 Å². The minimum atomic E-state index is -4.98. The van der Waals surface area contributed by atoms with Gasteiger partial charge in [0, 0.05) is 18.2 Å². The molecular formula is C28H33F4N3O5. The Morgan fingerprint density at radius 3 is 2.40 bits per heavy atom. The van der Waals surface area contributed by atoms with Crippen molar-refractivity contribution < 1.29 is 41.4 Å². The van der Waals surface area contributed by atoms with Crippen LogP contribution in [-0.2, 0) is 27.2 Å². The summed E-state index contributed by atoms with van der Waals surface area (Å²) in [6.07, 6.45) is -5.93. The molecule has 0 fully saturated rings. The maximum atomic E-state index is 13.9. The van der Waals surface area contributed by atoms with Crippen LogP contribution in [0, 0.1) is 5.82 Å². The molecule has 0 aromatic heterocycles. The van der Waals surface area contributed by atoms with E-state index >= 15 is 0 Å². The van der Waals surface area contributed by atoms with Crippen molar-refractivity contribution in [1.29, 1.82) is 0 Å². The number of fused-ring (bicyclic) bond motifs is 1. The molecule has 3 rings (SSSR count). The minimum absolute atomic E-state index is 0.00471. The highest BCUT2D eigenvalue weighted by Gasteiger charge is 2.36. The number of anilines is 1. The second kappa shape index (κ2) is 12.1. The highest BCUT2D eigenvalue weighted by Crippen LogP contribution is 2.30. The molecule has 2 atom stereocenters. The lowest BCUT2D eigenvalue weighted by atomic mass is 10.0. The molecule has 12 heteroatoms. The fraction of sp³-hybridized carbons (Fsp3) is 0.464. The number of hydrogen-bond acceptors (Lipinski definition) is 5. The first-order chi connectivity index (χ1) is 18.5. The number of ether oxygens (including phenoxy) is 2. The van der Waals surface area contributed by atoms with Gasteiger partial charge in [0.05, 0.1) is 0 Å².